The first-order valence-corrected chi connectivity index (χ1v) is 19.1. The highest BCUT2D eigenvalue weighted by atomic mass is 28.3. The molecule has 0 aliphatic carbocycles. The van der Waals surface area contributed by atoms with E-state index in [9.17, 15) is 9.18 Å². The van der Waals surface area contributed by atoms with Crippen LogP contribution in [0, 0.1) is 17.3 Å². The van der Waals surface area contributed by atoms with E-state index < -0.39 is 8.07 Å². The molecule has 0 aromatic rings. The molecule has 0 aromatic carbocycles. The third-order valence-corrected chi connectivity index (χ3v) is 8.59. The highest BCUT2D eigenvalue weighted by molar-refractivity contribution is 6.76. The summed E-state index contributed by atoms with van der Waals surface area (Å²) in [6, 6.07) is 1.07. The Morgan fingerprint density at radius 2 is 1.25 bits per heavy atom. The van der Waals surface area contributed by atoms with Crippen LogP contribution in [0.25, 0.3) is 0 Å². The number of halogens is 1. The highest BCUT2D eigenvalue weighted by Crippen LogP contribution is 2.27. The summed E-state index contributed by atoms with van der Waals surface area (Å²) >= 11 is 0. The van der Waals surface area contributed by atoms with Gasteiger partial charge in [0.2, 0.25) is 0 Å². The Labute approximate surface area is 249 Å². The predicted molar refractivity (Wildman–Crippen MR) is 180 cm³/mol. The van der Waals surface area contributed by atoms with Crippen LogP contribution in [0.15, 0.2) is 57.5 Å². The SMILES string of the molecule is CC(=O)C(CC/C(C)=C/CC/C(C)=C/CC/C(F)=C(\C)CC/C(C)=C\CC(C)(C)CC#CC[Si](C)(C)C)=C(C)C. The molecule has 0 fully saturated rings. The van der Waals surface area contributed by atoms with E-state index in [1.165, 1.54) is 16.7 Å². The molecule has 1 nitrogen and oxygen atoms in total. The van der Waals surface area contributed by atoms with Crippen LogP contribution in [0.2, 0.25) is 25.7 Å². The maximum atomic E-state index is 14.7. The molecule has 0 bridgehead atoms. The van der Waals surface area contributed by atoms with Gasteiger partial charge in [-0.3, -0.25) is 4.79 Å². The molecule has 40 heavy (non-hydrogen) atoms. The Bertz CT molecular complexity index is 1020. The second-order valence-electron chi connectivity index (χ2n) is 14.1. The molecule has 0 N–H and O–H groups in total. The van der Waals surface area contributed by atoms with E-state index in [2.05, 4.69) is 84.3 Å². The number of hydrogen-bond acceptors (Lipinski definition) is 1. The minimum Gasteiger partial charge on any atom is -0.295 e. The van der Waals surface area contributed by atoms with Crippen molar-refractivity contribution in [3.63, 3.8) is 0 Å². The maximum Gasteiger partial charge on any atom is 0.155 e. The zero-order chi connectivity index (χ0) is 30.9. The van der Waals surface area contributed by atoms with Crippen molar-refractivity contribution < 1.29 is 9.18 Å². The lowest BCUT2D eigenvalue weighted by Crippen LogP contribution is -2.17. The fraction of sp³-hybridized carbons (Fsp3) is 0.649. The topological polar surface area (TPSA) is 17.1 Å². The van der Waals surface area contributed by atoms with Crippen LogP contribution in [0.5, 0.6) is 0 Å². The Morgan fingerprint density at radius 3 is 1.80 bits per heavy atom. The third kappa shape index (κ3) is 20.0. The molecule has 0 aliphatic heterocycles. The molecule has 0 radical (unpaired) electrons. The molecule has 3 heteroatoms. The third-order valence-electron chi connectivity index (χ3n) is 7.36. The molecule has 0 spiro atoms. The van der Waals surface area contributed by atoms with Crippen molar-refractivity contribution >= 4 is 13.9 Å². The van der Waals surface area contributed by atoms with Gasteiger partial charge in [-0.15, -0.1) is 11.8 Å². The van der Waals surface area contributed by atoms with Crippen LogP contribution in [-0.2, 0) is 4.79 Å². The smallest absolute Gasteiger partial charge is 0.155 e. The number of carbonyl (C=O) groups excluding carboxylic acids is 1. The van der Waals surface area contributed by atoms with E-state index in [0.717, 1.165) is 80.6 Å². The largest absolute Gasteiger partial charge is 0.295 e. The van der Waals surface area contributed by atoms with Crippen LogP contribution in [0.1, 0.15) is 127 Å². The summed E-state index contributed by atoms with van der Waals surface area (Å²) in [4.78, 5) is 11.8. The van der Waals surface area contributed by atoms with Crippen LogP contribution < -0.4 is 0 Å². The Kier molecular flexibility index (Phi) is 18.3. The van der Waals surface area contributed by atoms with Crippen molar-refractivity contribution in [2.75, 3.05) is 0 Å². The van der Waals surface area contributed by atoms with E-state index in [1.807, 2.05) is 20.8 Å². The second-order valence-corrected chi connectivity index (χ2v) is 19.6. The van der Waals surface area contributed by atoms with Gasteiger partial charge in [0.15, 0.2) is 5.78 Å². The van der Waals surface area contributed by atoms with E-state index in [-0.39, 0.29) is 17.0 Å². The van der Waals surface area contributed by atoms with Crippen molar-refractivity contribution in [1.82, 2.24) is 0 Å². The fourth-order valence-electron chi connectivity index (χ4n) is 4.28. The van der Waals surface area contributed by atoms with Crippen LogP contribution in [-0.4, -0.2) is 13.9 Å². The van der Waals surface area contributed by atoms with Gasteiger partial charge < -0.3 is 0 Å². The van der Waals surface area contributed by atoms with Gasteiger partial charge in [-0.25, -0.2) is 4.39 Å². The van der Waals surface area contributed by atoms with E-state index in [4.69, 9.17) is 0 Å². The second kappa shape index (κ2) is 19.2. The number of hydrogen-bond donors (Lipinski definition) is 0. The van der Waals surface area contributed by atoms with Gasteiger partial charge in [-0.05, 0) is 116 Å². The van der Waals surface area contributed by atoms with Gasteiger partial charge in [0.1, 0.15) is 0 Å². The lowest BCUT2D eigenvalue weighted by molar-refractivity contribution is -0.113. The summed E-state index contributed by atoms with van der Waals surface area (Å²) in [5, 5.41) is 0. The van der Waals surface area contributed by atoms with E-state index in [0.29, 0.717) is 6.42 Å². The van der Waals surface area contributed by atoms with Crippen molar-refractivity contribution in [2.45, 2.75) is 152 Å². The predicted octanol–water partition coefficient (Wildman–Crippen LogP) is 12.3. The number of allylic oxidation sites excluding steroid dienone is 10. The standard InChI is InChI=1S/C37H61FOSi/c1-29(2)35(34(7)39)24-22-31(4)18-15-17-30(3)19-16-20-36(38)33(6)23-21-32(5)25-27-37(8,9)26-13-14-28-40(10,11)12/h18-19,25H,15-17,20-24,26-28H2,1-12H3/b30-19+,31-18+,32-25-,36-33-. The summed E-state index contributed by atoms with van der Waals surface area (Å²) in [6.45, 7) is 25.7. The number of carbonyl (C=O) groups is 1. The molecule has 0 rings (SSSR count). The van der Waals surface area contributed by atoms with Crippen molar-refractivity contribution in [3.05, 3.63) is 57.5 Å². The van der Waals surface area contributed by atoms with Crippen molar-refractivity contribution in [2.24, 2.45) is 5.41 Å². The van der Waals surface area contributed by atoms with Gasteiger partial charge in [-0.2, -0.15) is 0 Å². The molecule has 226 valence electrons. The van der Waals surface area contributed by atoms with Gasteiger partial charge in [0.25, 0.3) is 0 Å². The van der Waals surface area contributed by atoms with Gasteiger partial charge in [-0.1, -0.05) is 74.0 Å². The molecule has 0 aromatic heterocycles. The molecule has 0 amide bonds. The van der Waals surface area contributed by atoms with Crippen molar-refractivity contribution in [1.29, 1.82) is 0 Å². The van der Waals surface area contributed by atoms with E-state index >= 15 is 0 Å². The van der Waals surface area contributed by atoms with Gasteiger partial charge in [0, 0.05) is 18.9 Å². The van der Waals surface area contributed by atoms with Crippen LogP contribution in [0.3, 0.4) is 0 Å². The number of Topliss-reactive ketones (excluding diaryl/α,β-unsaturated/α-hetero) is 1. The zero-order valence-electron chi connectivity index (χ0n) is 28.3. The average Bonchev–Trinajstić information content (AvgIpc) is 2.83. The molecule has 0 saturated carbocycles. The normalized spacial score (nSPS) is 14.0. The molecule has 0 aliphatic rings. The maximum absolute atomic E-state index is 14.7. The molecule has 0 saturated heterocycles. The minimum atomic E-state index is -1.09. The summed E-state index contributed by atoms with van der Waals surface area (Å²) in [5.41, 5.74) is 7.12. The first kappa shape index (κ1) is 38.1. The first-order valence-electron chi connectivity index (χ1n) is 15.4. The van der Waals surface area contributed by atoms with Gasteiger partial charge >= 0.3 is 0 Å². The summed E-state index contributed by atoms with van der Waals surface area (Å²) in [6.07, 6.45) is 15.4. The lowest BCUT2D eigenvalue weighted by atomic mass is 9.85. The zero-order valence-corrected chi connectivity index (χ0v) is 29.3. The molecular formula is C37H61FOSi. The summed E-state index contributed by atoms with van der Waals surface area (Å²) in [7, 11) is -1.09. The quantitative estimate of drug-likeness (QED) is 0.0738. The summed E-state index contributed by atoms with van der Waals surface area (Å²) in [5.74, 6) is 7.04. The van der Waals surface area contributed by atoms with Crippen molar-refractivity contribution in [3.8, 4) is 11.8 Å². The van der Waals surface area contributed by atoms with Crippen LogP contribution >= 0.6 is 0 Å². The molecule has 0 atom stereocenters. The van der Waals surface area contributed by atoms with Gasteiger partial charge in [0.05, 0.1) is 13.9 Å². The monoisotopic (exact) mass is 568 g/mol. The molecule has 0 unspecified atom stereocenters. The van der Waals surface area contributed by atoms with E-state index in [1.54, 1.807) is 6.92 Å². The highest BCUT2D eigenvalue weighted by Gasteiger charge is 2.15. The number of ketones is 1. The van der Waals surface area contributed by atoms with Crippen LogP contribution in [0.4, 0.5) is 4.39 Å². The number of rotatable bonds is 17. The Balaban J connectivity index is 4.56. The Morgan fingerprint density at radius 1 is 0.725 bits per heavy atom. The minimum absolute atomic E-state index is 0.0474. The average molecular weight is 569 g/mol. The fourth-order valence-corrected chi connectivity index (χ4v) is 4.94. The first-order chi connectivity index (χ1) is 18.4. The Hall–Kier alpha value is -1.92. The lowest BCUT2D eigenvalue weighted by Gasteiger charge is -2.20. The summed E-state index contributed by atoms with van der Waals surface area (Å²) < 4.78 is 14.7. The molecular weight excluding hydrogens is 507 g/mol. The molecule has 0 heterocycles.